The number of fused-ring (bicyclic) bond motifs is 1. The second kappa shape index (κ2) is 7.52. The Kier molecular flexibility index (Phi) is 4.67. The zero-order valence-electron chi connectivity index (χ0n) is 17.0. The molecule has 3 heterocycles. The molecule has 0 spiro atoms. The Balaban J connectivity index is 1.52. The molecule has 6 nitrogen and oxygen atoms in total. The molecule has 2 aliphatic heterocycles. The lowest BCUT2D eigenvalue weighted by atomic mass is 10.1. The van der Waals surface area contributed by atoms with Gasteiger partial charge in [-0.25, -0.2) is 0 Å². The van der Waals surface area contributed by atoms with E-state index in [1.165, 1.54) is 16.8 Å². The number of aliphatic imine (C=N–C) groups is 1. The highest BCUT2D eigenvalue weighted by Crippen LogP contribution is 2.31. The number of benzene rings is 2. The fourth-order valence-corrected chi connectivity index (χ4v) is 4.65. The second-order valence-electron chi connectivity index (χ2n) is 7.29. The fraction of sp³-hybridized carbons (Fsp3) is 0.0833. The molecular formula is C24H19N5OS. The standard InChI is InChI=1S/C24H19N5OS/c1-15-13-18(16(2)28(15)19-11-7-4-8-12-19)14-20-21(25)29-24(26-22(20)30)31-23(27-29)17-9-5-3-6-10-17/h3-14,25H,1-2H3. The van der Waals surface area contributed by atoms with Gasteiger partial charge < -0.3 is 4.57 Å². The van der Waals surface area contributed by atoms with Crippen molar-refractivity contribution in [2.24, 2.45) is 10.1 Å². The molecule has 0 radical (unpaired) electrons. The van der Waals surface area contributed by atoms with E-state index in [9.17, 15) is 4.79 Å². The van der Waals surface area contributed by atoms with E-state index < -0.39 is 5.91 Å². The third-order valence-corrected chi connectivity index (χ3v) is 6.22. The van der Waals surface area contributed by atoms with E-state index in [2.05, 4.69) is 14.7 Å². The van der Waals surface area contributed by atoms with Crippen molar-refractivity contribution < 1.29 is 4.79 Å². The third-order valence-electron chi connectivity index (χ3n) is 5.26. The minimum Gasteiger partial charge on any atom is -0.318 e. The number of amides is 1. The number of hydrogen-bond donors (Lipinski definition) is 1. The summed E-state index contributed by atoms with van der Waals surface area (Å²) in [5, 5.41) is 15.8. The lowest BCUT2D eigenvalue weighted by Crippen LogP contribution is -2.35. The van der Waals surface area contributed by atoms with Crippen molar-refractivity contribution in [3.63, 3.8) is 0 Å². The average molecular weight is 426 g/mol. The first-order valence-electron chi connectivity index (χ1n) is 9.83. The van der Waals surface area contributed by atoms with Crippen LogP contribution in [0.25, 0.3) is 11.8 Å². The zero-order chi connectivity index (χ0) is 21.5. The largest absolute Gasteiger partial charge is 0.318 e. The number of amidine groups is 2. The Labute approximate surface area is 184 Å². The monoisotopic (exact) mass is 425 g/mol. The maximum absolute atomic E-state index is 12.8. The summed E-state index contributed by atoms with van der Waals surface area (Å²) in [6, 6.07) is 21.8. The van der Waals surface area contributed by atoms with Crippen LogP contribution < -0.4 is 0 Å². The van der Waals surface area contributed by atoms with E-state index in [0.29, 0.717) is 5.17 Å². The number of carbonyl (C=O) groups is 1. The van der Waals surface area contributed by atoms with Crippen molar-refractivity contribution in [3.8, 4) is 5.69 Å². The van der Waals surface area contributed by atoms with Crippen molar-refractivity contribution in [1.29, 1.82) is 5.41 Å². The van der Waals surface area contributed by atoms with Gasteiger partial charge in [0.05, 0.1) is 5.57 Å². The molecule has 3 aromatic rings. The number of nitrogens with one attached hydrogen (secondary N) is 1. The van der Waals surface area contributed by atoms with E-state index in [-0.39, 0.29) is 11.4 Å². The Morgan fingerprint density at radius 1 is 1.00 bits per heavy atom. The van der Waals surface area contributed by atoms with Crippen LogP contribution >= 0.6 is 11.8 Å². The van der Waals surface area contributed by atoms with Crippen LogP contribution in [0.1, 0.15) is 22.5 Å². The number of thioether (sulfide) groups is 1. The summed E-state index contributed by atoms with van der Waals surface area (Å²) in [7, 11) is 0. The summed E-state index contributed by atoms with van der Waals surface area (Å²) >= 11 is 1.30. The molecule has 1 amide bonds. The first kappa shape index (κ1) is 19.3. The van der Waals surface area contributed by atoms with Gasteiger partial charge in [0.2, 0.25) is 5.17 Å². The molecule has 0 saturated carbocycles. The van der Waals surface area contributed by atoms with Crippen LogP contribution in [0.2, 0.25) is 0 Å². The summed E-state index contributed by atoms with van der Waals surface area (Å²) < 4.78 is 2.13. The predicted octanol–water partition coefficient (Wildman–Crippen LogP) is 4.76. The minimum absolute atomic E-state index is 0.0398. The highest BCUT2D eigenvalue weighted by Gasteiger charge is 2.36. The molecule has 152 valence electrons. The van der Waals surface area contributed by atoms with Gasteiger partial charge in [0.15, 0.2) is 5.84 Å². The molecule has 5 rings (SSSR count). The Morgan fingerprint density at radius 2 is 1.68 bits per heavy atom. The molecule has 31 heavy (non-hydrogen) atoms. The van der Waals surface area contributed by atoms with Gasteiger partial charge in [0.25, 0.3) is 5.91 Å². The number of nitrogens with zero attached hydrogens (tertiary/aromatic N) is 4. The number of para-hydroxylation sites is 1. The van der Waals surface area contributed by atoms with Crippen molar-refractivity contribution in [3.05, 3.63) is 94.8 Å². The van der Waals surface area contributed by atoms with Gasteiger partial charge >= 0.3 is 0 Å². The minimum atomic E-state index is -0.419. The zero-order valence-corrected chi connectivity index (χ0v) is 17.9. The highest BCUT2D eigenvalue weighted by molar-refractivity contribution is 8.27. The Morgan fingerprint density at radius 3 is 2.39 bits per heavy atom. The van der Waals surface area contributed by atoms with Gasteiger partial charge in [-0.2, -0.15) is 15.1 Å². The summed E-state index contributed by atoms with van der Waals surface area (Å²) in [4.78, 5) is 17.0. The van der Waals surface area contributed by atoms with Gasteiger partial charge in [0, 0.05) is 22.6 Å². The SMILES string of the molecule is Cc1cc(C=C2C(=N)N3N=C(c4ccccc4)SC3=NC2=O)c(C)n1-c1ccccc1. The maximum Gasteiger partial charge on any atom is 0.283 e. The molecule has 0 fully saturated rings. The van der Waals surface area contributed by atoms with Gasteiger partial charge in [0.1, 0.15) is 5.04 Å². The summed E-state index contributed by atoms with van der Waals surface area (Å²) in [5.41, 5.74) is 5.15. The number of carbonyl (C=O) groups excluding carboxylic acids is 1. The molecule has 0 atom stereocenters. The molecule has 2 aliphatic rings. The van der Waals surface area contributed by atoms with E-state index in [1.807, 2.05) is 80.6 Å². The second-order valence-corrected chi connectivity index (χ2v) is 8.24. The highest BCUT2D eigenvalue weighted by atomic mass is 32.2. The molecule has 1 N–H and O–H groups in total. The van der Waals surface area contributed by atoms with Gasteiger partial charge in [-0.05, 0) is 55.4 Å². The molecule has 1 aromatic heterocycles. The summed E-state index contributed by atoms with van der Waals surface area (Å²) in [6.07, 6.45) is 1.74. The predicted molar refractivity (Wildman–Crippen MR) is 126 cm³/mol. The number of hydrogen-bond acceptors (Lipinski definition) is 4. The van der Waals surface area contributed by atoms with Gasteiger partial charge in [-0.3, -0.25) is 10.2 Å². The summed E-state index contributed by atoms with van der Waals surface area (Å²) in [5.74, 6) is -0.379. The smallest absolute Gasteiger partial charge is 0.283 e. The first-order chi connectivity index (χ1) is 15.0. The number of hydrazone groups is 1. The molecule has 7 heteroatoms. The van der Waals surface area contributed by atoms with E-state index in [0.717, 1.165) is 33.2 Å². The van der Waals surface area contributed by atoms with Crippen molar-refractivity contribution >= 4 is 39.8 Å². The number of aromatic nitrogens is 1. The lowest BCUT2D eigenvalue weighted by molar-refractivity contribution is -0.114. The van der Waals surface area contributed by atoms with E-state index >= 15 is 0 Å². The van der Waals surface area contributed by atoms with Gasteiger partial charge in [-0.15, -0.1) is 0 Å². The van der Waals surface area contributed by atoms with Crippen molar-refractivity contribution in [1.82, 2.24) is 9.58 Å². The molecule has 0 bridgehead atoms. The number of rotatable bonds is 3. The normalized spacial score (nSPS) is 17.1. The Bertz CT molecular complexity index is 1300. The van der Waals surface area contributed by atoms with Crippen molar-refractivity contribution in [2.75, 3.05) is 0 Å². The van der Waals surface area contributed by atoms with Gasteiger partial charge in [-0.1, -0.05) is 48.5 Å². The number of aryl methyl sites for hydroxylation is 1. The fourth-order valence-electron chi connectivity index (χ4n) is 3.75. The van der Waals surface area contributed by atoms with E-state index in [4.69, 9.17) is 5.41 Å². The lowest BCUT2D eigenvalue weighted by Gasteiger charge is -2.20. The van der Waals surface area contributed by atoms with Crippen LogP contribution in [0.4, 0.5) is 0 Å². The average Bonchev–Trinajstić information content (AvgIpc) is 3.33. The topological polar surface area (TPSA) is 73.8 Å². The van der Waals surface area contributed by atoms with Crippen LogP contribution in [-0.2, 0) is 4.79 Å². The molecule has 0 aliphatic carbocycles. The van der Waals surface area contributed by atoms with Crippen molar-refractivity contribution in [2.45, 2.75) is 13.8 Å². The molecule has 0 saturated heterocycles. The van der Waals surface area contributed by atoms with Crippen LogP contribution in [-0.4, -0.2) is 31.5 Å². The van der Waals surface area contributed by atoms with Crippen LogP contribution in [0.3, 0.4) is 0 Å². The van der Waals surface area contributed by atoms with E-state index in [1.54, 1.807) is 6.08 Å². The molecular weight excluding hydrogens is 406 g/mol. The van der Waals surface area contributed by atoms with Crippen LogP contribution in [0.5, 0.6) is 0 Å². The first-order valence-corrected chi connectivity index (χ1v) is 10.6. The summed E-state index contributed by atoms with van der Waals surface area (Å²) in [6.45, 7) is 4.04. The third kappa shape index (κ3) is 3.33. The Hall–Kier alpha value is -3.71. The quantitative estimate of drug-likeness (QED) is 0.615. The molecule has 2 aromatic carbocycles. The van der Waals surface area contributed by atoms with Crippen LogP contribution in [0.15, 0.2) is 82.4 Å². The van der Waals surface area contributed by atoms with Crippen LogP contribution in [0, 0.1) is 19.3 Å². The maximum atomic E-state index is 12.8. The molecule has 0 unspecified atom stereocenters.